The van der Waals surface area contributed by atoms with Gasteiger partial charge in [0.15, 0.2) is 0 Å². The molecule has 1 aliphatic heterocycles. The van der Waals surface area contributed by atoms with Gasteiger partial charge in [-0.25, -0.2) is 4.98 Å². The molecule has 0 bridgehead atoms. The number of nitrogens with zero attached hydrogens (tertiary/aromatic N) is 2. The second-order valence-electron chi connectivity index (χ2n) is 6.11. The van der Waals surface area contributed by atoms with Gasteiger partial charge in [0.25, 0.3) is 0 Å². The first kappa shape index (κ1) is 13.3. The van der Waals surface area contributed by atoms with Crippen molar-refractivity contribution < 1.29 is 4.79 Å². The highest BCUT2D eigenvalue weighted by molar-refractivity contribution is 5.93. The highest BCUT2D eigenvalue weighted by atomic mass is 16.2. The van der Waals surface area contributed by atoms with Crippen molar-refractivity contribution in [1.82, 2.24) is 4.98 Å². The summed E-state index contributed by atoms with van der Waals surface area (Å²) in [7, 11) is 0. The van der Waals surface area contributed by atoms with E-state index in [0.29, 0.717) is 0 Å². The highest BCUT2D eigenvalue weighted by Gasteiger charge is 2.29. The van der Waals surface area contributed by atoms with Crippen LogP contribution in [-0.2, 0) is 17.8 Å². The van der Waals surface area contributed by atoms with E-state index in [-0.39, 0.29) is 11.8 Å². The highest BCUT2D eigenvalue weighted by Crippen LogP contribution is 2.30. The molecule has 4 rings (SSSR count). The van der Waals surface area contributed by atoms with Crippen molar-refractivity contribution >= 4 is 17.4 Å². The van der Waals surface area contributed by atoms with Crippen LogP contribution in [0.2, 0.25) is 0 Å². The number of carbonyl (C=O) groups is 1. The number of hydrogen-bond donors (Lipinski definition) is 1. The average molecular weight is 293 g/mol. The van der Waals surface area contributed by atoms with Crippen LogP contribution in [0.25, 0.3) is 0 Å². The molecule has 1 aliphatic carbocycles. The molecule has 1 saturated carbocycles. The van der Waals surface area contributed by atoms with Crippen molar-refractivity contribution in [3.8, 4) is 0 Å². The van der Waals surface area contributed by atoms with Crippen LogP contribution in [0.4, 0.5) is 11.5 Å². The Hall–Kier alpha value is -2.36. The van der Waals surface area contributed by atoms with E-state index >= 15 is 0 Å². The fraction of sp³-hybridized carbons (Fsp3) is 0.333. The number of fused-ring (bicyclic) bond motifs is 1. The van der Waals surface area contributed by atoms with Crippen LogP contribution in [0.1, 0.15) is 24.0 Å². The van der Waals surface area contributed by atoms with Gasteiger partial charge in [-0.2, -0.15) is 0 Å². The van der Waals surface area contributed by atoms with Gasteiger partial charge < -0.3 is 10.2 Å². The van der Waals surface area contributed by atoms with E-state index in [0.717, 1.165) is 43.9 Å². The van der Waals surface area contributed by atoms with Crippen molar-refractivity contribution in [3.05, 3.63) is 53.7 Å². The topological polar surface area (TPSA) is 45.2 Å². The van der Waals surface area contributed by atoms with Crippen LogP contribution in [0, 0.1) is 5.92 Å². The zero-order valence-corrected chi connectivity index (χ0v) is 12.5. The zero-order valence-electron chi connectivity index (χ0n) is 12.5. The summed E-state index contributed by atoms with van der Waals surface area (Å²) in [6.07, 6.45) is 4.85. The molecule has 1 aromatic heterocycles. The Morgan fingerprint density at radius 2 is 1.95 bits per heavy atom. The van der Waals surface area contributed by atoms with Crippen molar-refractivity contribution in [2.24, 2.45) is 5.92 Å². The number of anilines is 2. The average Bonchev–Trinajstić information content (AvgIpc) is 3.40. The third kappa shape index (κ3) is 2.69. The molecule has 4 nitrogen and oxygen atoms in total. The SMILES string of the molecule is O=C(Nc1ccc(N2CCc3ccccc3C2)nc1)C1CC1. The van der Waals surface area contributed by atoms with E-state index in [1.54, 1.807) is 6.20 Å². The Bertz CT molecular complexity index is 692. The summed E-state index contributed by atoms with van der Waals surface area (Å²) in [6.45, 7) is 1.88. The molecular formula is C18H19N3O. The van der Waals surface area contributed by atoms with Gasteiger partial charge in [0.1, 0.15) is 5.82 Å². The van der Waals surface area contributed by atoms with Gasteiger partial charge in [-0.05, 0) is 42.5 Å². The second kappa shape index (κ2) is 5.44. The summed E-state index contributed by atoms with van der Waals surface area (Å²) in [4.78, 5) is 18.6. The van der Waals surface area contributed by atoms with E-state index in [4.69, 9.17) is 0 Å². The first-order valence-electron chi connectivity index (χ1n) is 7.88. The third-order valence-electron chi connectivity index (χ3n) is 4.42. The first-order chi connectivity index (χ1) is 10.8. The van der Waals surface area contributed by atoms with Crippen molar-refractivity contribution in [2.45, 2.75) is 25.8 Å². The van der Waals surface area contributed by atoms with E-state index in [1.807, 2.05) is 12.1 Å². The Morgan fingerprint density at radius 1 is 1.14 bits per heavy atom. The number of carbonyl (C=O) groups excluding carboxylic acids is 1. The number of hydrogen-bond acceptors (Lipinski definition) is 3. The molecule has 1 fully saturated rings. The fourth-order valence-electron chi connectivity index (χ4n) is 2.93. The summed E-state index contributed by atoms with van der Waals surface area (Å²) in [6, 6.07) is 12.5. The summed E-state index contributed by atoms with van der Waals surface area (Å²) in [5, 5.41) is 2.93. The largest absolute Gasteiger partial charge is 0.352 e. The molecular weight excluding hydrogens is 274 g/mol. The minimum absolute atomic E-state index is 0.126. The lowest BCUT2D eigenvalue weighted by atomic mass is 10.00. The van der Waals surface area contributed by atoms with E-state index < -0.39 is 0 Å². The number of aromatic nitrogens is 1. The summed E-state index contributed by atoms with van der Waals surface area (Å²) in [5.41, 5.74) is 3.60. The Kier molecular flexibility index (Phi) is 3.29. The van der Waals surface area contributed by atoms with Crippen LogP contribution in [0.3, 0.4) is 0 Å². The standard InChI is InChI=1S/C18H19N3O/c22-18(14-5-6-14)20-16-7-8-17(19-11-16)21-10-9-13-3-1-2-4-15(13)12-21/h1-4,7-8,11,14H,5-6,9-10,12H2,(H,20,22). The van der Waals surface area contributed by atoms with E-state index in [2.05, 4.69) is 39.5 Å². The number of rotatable bonds is 3. The minimum atomic E-state index is 0.126. The van der Waals surface area contributed by atoms with Gasteiger partial charge in [0.2, 0.25) is 5.91 Å². The van der Waals surface area contributed by atoms with Crippen molar-refractivity contribution in [2.75, 3.05) is 16.8 Å². The predicted molar refractivity (Wildman–Crippen MR) is 86.8 cm³/mol. The smallest absolute Gasteiger partial charge is 0.227 e. The first-order valence-corrected chi connectivity index (χ1v) is 7.88. The molecule has 0 saturated heterocycles. The van der Waals surface area contributed by atoms with Crippen LogP contribution >= 0.6 is 0 Å². The molecule has 2 heterocycles. The molecule has 0 radical (unpaired) electrons. The molecule has 1 N–H and O–H groups in total. The van der Waals surface area contributed by atoms with E-state index in [9.17, 15) is 4.79 Å². The number of amides is 1. The molecule has 112 valence electrons. The second-order valence-corrected chi connectivity index (χ2v) is 6.11. The monoisotopic (exact) mass is 293 g/mol. The number of pyridine rings is 1. The fourth-order valence-corrected chi connectivity index (χ4v) is 2.93. The lowest BCUT2D eigenvalue weighted by molar-refractivity contribution is -0.117. The molecule has 0 atom stereocenters. The number of benzene rings is 1. The van der Waals surface area contributed by atoms with Crippen LogP contribution in [-0.4, -0.2) is 17.4 Å². The van der Waals surface area contributed by atoms with Gasteiger partial charge in [0, 0.05) is 19.0 Å². The minimum Gasteiger partial charge on any atom is -0.352 e. The quantitative estimate of drug-likeness (QED) is 0.946. The molecule has 22 heavy (non-hydrogen) atoms. The van der Waals surface area contributed by atoms with Crippen LogP contribution < -0.4 is 10.2 Å². The molecule has 2 aromatic rings. The maximum absolute atomic E-state index is 11.7. The van der Waals surface area contributed by atoms with Crippen LogP contribution in [0.5, 0.6) is 0 Å². The Morgan fingerprint density at radius 3 is 2.68 bits per heavy atom. The molecule has 1 aromatic carbocycles. The lowest BCUT2D eigenvalue weighted by Gasteiger charge is -2.29. The van der Waals surface area contributed by atoms with E-state index in [1.165, 1.54) is 11.1 Å². The van der Waals surface area contributed by atoms with Gasteiger partial charge in [-0.15, -0.1) is 0 Å². The Balaban J connectivity index is 1.46. The van der Waals surface area contributed by atoms with Gasteiger partial charge in [-0.1, -0.05) is 24.3 Å². The third-order valence-corrected chi connectivity index (χ3v) is 4.42. The normalized spacial score (nSPS) is 17.0. The maximum Gasteiger partial charge on any atom is 0.227 e. The van der Waals surface area contributed by atoms with Gasteiger partial charge in [0.05, 0.1) is 11.9 Å². The molecule has 2 aliphatic rings. The van der Waals surface area contributed by atoms with Crippen molar-refractivity contribution in [3.63, 3.8) is 0 Å². The Labute approximate surface area is 130 Å². The molecule has 0 unspecified atom stereocenters. The molecule has 0 spiro atoms. The predicted octanol–water partition coefficient (Wildman–Crippen LogP) is 2.99. The molecule has 4 heteroatoms. The summed E-state index contributed by atoms with van der Waals surface area (Å²) >= 11 is 0. The lowest BCUT2D eigenvalue weighted by Crippen LogP contribution is -2.30. The maximum atomic E-state index is 11.7. The summed E-state index contributed by atoms with van der Waals surface area (Å²) < 4.78 is 0. The summed E-state index contributed by atoms with van der Waals surface area (Å²) in [5.74, 6) is 1.32. The molecule has 1 amide bonds. The van der Waals surface area contributed by atoms with Crippen molar-refractivity contribution in [1.29, 1.82) is 0 Å². The zero-order chi connectivity index (χ0) is 14.9. The number of nitrogens with one attached hydrogen (secondary N) is 1. The van der Waals surface area contributed by atoms with Gasteiger partial charge in [-0.3, -0.25) is 4.79 Å². The van der Waals surface area contributed by atoms with Gasteiger partial charge >= 0.3 is 0 Å². The van der Waals surface area contributed by atoms with Crippen LogP contribution in [0.15, 0.2) is 42.6 Å².